The van der Waals surface area contributed by atoms with Gasteiger partial charge in [0.05, 0.1) is 0 Å². The Bertz CT molecular complexity index is 912. The molecule has 0 aliphatic rings. The molecule has 0 saturated carbocycles. The lowest BCUT2D eigenvalue weighted by Gasteiger charge is -2.28. The highest BCUT2D eigenvalue weighted by Crippen LogP contribution is 2.12. The molecule has 0 saturated heterocycles. The lowest BCUT2D eigenvalue weighted by molar-refractivity contribution is -0.142. The zero-order valence-corrected chi connectivity index (χ0v) is 20.4. The van der Waals surface area contributed by atoms with E-state index in [0.717, 1.165) is 0 Å². The number of phenols is 1. The van der Waals surface area contributed by atoms with E-state index in [1.165, 1.54) is 24.3 Å². The van der Waals surface area contributed by atoms with Crippen LogP contribution in [0, 0.1) is 11.8 Å². The maximum atomic E-state index is 13.0. The number of carboxylic acid groups (broad SMARTS) is 1. The molecule has 12 nitrogen and oxygen atoms in total. The summed E-state index contributed by atoms with van der Waals surface area (Å²) in [4.78, 5) is 53.9. The van der Waals surface area contributed by atoms with Crippen molar-refractivity contribution in [3.8, 4) is 5.75 Å². The molecule has 12 heteroatoms. The number of aliphatic imine (C=N–C) groups is 1. The third kappa shape index (κ3) is 9.90. The van der Waals surface area contributed by atoms with E-state index in [9.17, 15) is 29.4 Å². The molecule has 3 atom stereocenters. The van der Waals surface area contributed by atoms with Crippen LogP contribution in [0.5, 0.6) is 5.75 Å². The van der Waals surface area contributed by atoms with E-state index in [1.54, 1.807) is 27.7 Å². The number of carbonyl (C=O) groups excluding carboxylic acids is 3. The number of nitrogens with one attached hydrogen (secondary N) is 3. The first kappa shape index (κ1) is 29.2. The number of carbonyl (C=O) groups is 4. The standard InChI is InChI=1S/C23H36N6O6/c1-12(2)17(20(32)27-16(22(34)35)6-5-11-26-23(24)25)29-21(33)18(13(3)4)28-19(31)14-7-9-15(30)10-8-14/h7-10,12-13,16-18,30H,5-6,11H2,1-4H3,(H,27,32)(H,28,31)(H,29,33)(H,34,35)(H4,24,25,26). The second kappa shape index (κ2) is 13.8. The van der Waals surface area contributed by atoms with Gasteiger partial charge < -0.3 is 37.6 Å². The molecule has 0 aliphatic heterocycles. The van der Waals surface area contributed by atoms with Crippen molar-refractivity contribution in [2.24, 2.45) is 28.3 Å². The van der Waals surface area contributed by atoms with Crippen molar-refractivity contribution < 1.29 is 29.4 Å². The van der Waals surface area contributed by atoms with Crippen molar-refractivity contribution in [1.82, 2.24) is 16.0 Å². The minimum atomic E-state index is -1.22. The average Bonchev–Trinajstić information content (AvgIpc) is 2.76. The maximum absolute atomic E-state index is 13.0. The van der Waals surface area contributed by atoms with Crippen LogP contribution in [-0.4, -0.2) is 64.5 Å². The first-order chi connectivity index (χ1) is 16.3. The largest absolute Gasteiger partial charge is 0.508 e. The number of nitrogens with two attached hydrogens (primary N) is 2. The molecule has 1 rings (SSSR count). The van der Waals surface area contributed by atoms with E-state index < -0.39 is 41.8 Å². The molecular weight excluding hydrogens is 456 g/mol. The molecule has 0 aromatic heterocycles. The number of carboxylic acids is 1. The van der Waals surface area contributed by atoms with Gasteiger partial charge in [-0.25, -0.2) is 4.79 Å². The number of hydrogen-bond acceptors (Lipinski definition) is 6. The SMILES string of the molecule is CC(C)C(NC(=O)c1ccc(O)cc1)C(=O)NC(C(=O)NC(CCCN=C(N)N)C(=O)O)C(C)C. The lowest BCUT2D eigenvalue weighted by Crippen LogP contribution is -2.58. The first-order valence-corrected chi connectivity index (χ1v) is 11.3. The van der Waals surface area contributed by atoms with Gasteiger partial charge in [-0.3, -0.25) is 19.4 Å². The molecule has 9 N–H and O–H groups in total. The number of phenolic OH excluding ortho intramolecular Hbond substituents is 1. The third-order valence-electron chi connectivity index (χ3n) is 5.17. The monoisotopic (exact) mass is 492 g/mol. The second-order valence-electron chi connectivity index (χ2n) is 8.82. The van der Waals surface area contributed by atoms with Gasteiger partial charge >= 0.3 is 5.97 Å². The zero-order valence-electron chi connectivity index (χ0n) is 20.4. The molecule has 3 unspecified atom stereocenters. The van der Waals surface area contributed by atoms with Crippen LogP contribution in [0.2, 0.25) is 0 Å². The number of nitrogens with zero attached hydrogens (tertiary/aromatic N) is 1. The van der Waals surface area contributed by atoms with Gasteiger partial charge in [-0.1, -0.05) is 27.7 Å². The topological polar surface area (TPSA) is 209 Å². The number of aromatic hydroxyl groups is 1. The summed E-state index contributed by atoms with van der Waals surface area (Å²) in [5.41, 5.74) is 10.8. The summed E-state index contributed by atoms with van der Waals surface area (Å²) >= 11 is 0. The number of guanidine groups is 1. The second-order valence-corrected chi connectivity index (χ2v) is 8.82. The minimum absolute atomic E-state index is 0.00129. The van der Waals surface area contributed by atoms with Crippen LogP contribution in [0.1, 0.15) is 50.9 Å². The Morgan fingerprint density at radius 1 is 0.886 bits per heavy atom. The van der Waals surface area contributed by atoms with Gasteiger partial charge in [-0.15, -0.1) is 0 Å². The highest BCUT2D eigenvalue weighted by atomic mass is 16.4. The van der Waals surface area contributed by atoms with E-state index in [0.29, 0.717) is 6.42 Å². The van der Waals surface area contributed by atoms with Gasteiger partial charge in [0.25, 0.3) is 5.91 Å². The van der Waals surface area contributed by atoms with Gasteiger partial charge in [0.15, 0.2) is 5.96 Å². The summed E-state index contributed by atoms with van der Waals surface area (Å²) in [6.07, 6.45) is 0.417. The molecule has 35 heavy (non-hydrogen) atoms. The molecule has 0 radical (unpaired) electrons. The molecule has 194 valence electrons. The molecular formula is C23H36N6O6. The van der Waals surface area contributed by atoms with Crippen LogP contribution in [0.25, 0.3) is 0 Å². The molecule has 1 aromatic rings. The summed E-state index contributed by atoms with van der Waals surface area (Å²) in [7, 11) is 0. The zero-order chi connectivity index (χ0) is 26.7. The van der Waals surface area contributed by atoms with Crippen LogP contribution in [0.3, 0.4) is 0 Å². The molecule has 0 spiro atoms. The van der Waals surface area contributed by atoms with Gasteiger partial charge in [0, 0.05) is 12.1 Å². The smallest absolute Gasteiger partial charge is 0.326 e. The Morgan fingerprint density at radius 2 is 1.40 bits per heavy atom. The van der Waals surface area contributed by atoms with Gasteiger partial charge in [-0.2, -0.15) is 0 Å². The Hall–Kier alpha value is -3.83. The fourth-order valence-corrected chi connectivity index (χ4v) is 3.17. The highest BCUT2D eigenvalue weighted by molar-refractivity contribution is 5.98. The molecule has 0 heterocycles. The Morgan fingerprint density at radius 3 is 1.89 bits per heavy atom. The van der Waals surface area contributed by atoms with E-state index in [4.69, 9.17) is 11.5 Å². The van der Waals surface area contributed by atoms with E-state index in [-0.39, 0.29) is 42.1 Å². The molecule has 0 aliphatic carbocycles. The van der Waals surface area contributed by atoms with Crippen LogP contribution < -0.4 is 27.4 Å². The van der Waals surface area contributed by atoms with Crippen LogP contribution in [0.15, 0.2) is 29.3 Å². The van der Waals surface area contributed by atoms with Gasteiger partial charge in [-0.05, 0) is 48.9 Å². The minimum Gasteiger partial charge on any atom is -0.508 e. The highest BCUT2D eigenvalue weighted by Gasteiger charge is 2.32. The number of rotatable bonds is 13. The number of amides is 3. The summed E-state index contributed by atoms with van der Waals surface area (Å²) < 4.78 is 0. The van der Waals surface area contributed by atoms with Crippen molar-refractivity contribution in [3.63, 3.8) is 0 Å². The lowest BCUT2D eigenvalue weighted by atomic mass is 9.99. The maximum Gasteiger partial charge on any atom is 0.326 e. The Kier molecular flexibility index (Phi) is 11.5. The fraction of sp³-hybridized carbons (Fsp3) is 0.522. The number of benzene rings is 1. The normalized spacial score (nSPS) is 13.4. The van der Waals surface area contributed by atoms with E-state index in [2.05, 4.69) is 20.9 Å². The summed E-state index contributed by atoms with van der Waals surface area (Å²) in [5, 5.41) is 26.6. The van der Waals surface area contributed by atoms with Gasteiger partial charge in [0.2, 0.25) is 11.8 Å². The van der Waals surface area contributed by atoms with Crippen molar-refractivity contribution in [2.75, 3.05) is 6.54 Å². The number of aliphatic carboxylic acids is 1. The summed E-state index contributed by atoms with van der Waals surface area (Å²) in [5.74, 6) is -3.77. The van der Waals surface area contributed by atoms with E-state index in [1.807, 2.05) is 0 Å². The third-order valence-corrected chi connectivity index (χ3v) is 5.17. The predicted molar refractivity (Wildman–Crippen MR) is 130 cm³/mol. The number of hydrogen-bond donors (Lipinski definition) is 7. The van der Waals surface area contributed by atoms with Crippen LogP contribution >= 0.6 is 0 Å². The molecule has 1 aromatic carbocycles. The average molecular weight is 493 g/mol. The summed E-state index contributed by atoms with van der Waals surface area (Å²) in [6, 6.07) is 2.37. The first-order valence-electron chi connectivity index (χ1n) is 11.3. The van der Waals surface area contributed by atoms with E-state index >= 15 is 0 Å². The van der Waals surface area contributed by atoms with Gasteiger partial charge in [0.1, 0.15) is 23.9 Å². The summed E-state index contributed by atoms with van der Waals surface area (Å²) in [6.45, 7) is 7.10. The van der Waals surface area contributed by atoms with Crippen LogP contribution in [0.4, 0.5) is 0 Å². The van der Waals surface area contributed by atoms with Crippen molar-refractivity contribution in [1.29, 1.82) is 0 Å². The van der Waals surface area contributed by atoms with Crippen molar-refractivity contribution in [2.45, 2.75) is 58.7 Å². The Balaban J connectivity index is 2.89. The molecule has 0 fully saturated rings. The predicted octanol–water partition coefficient (Wildman–Crippen LogP) is -0.0896. The molecule has 3 amide bonds. The fourth-order valence-electron chi connectivity index (χ4n) is 3.17. The van der Waals surface area contributed by atoms with Crippen molar-refractivity contribution in [3.05, 3.63) is 29.8 Å². The Labute approximate surface area is 204 Å². The molecule has 0 bridgehead atoms. The quantitative estimate of drug-likeness (QED) is 0.112. The van der Waals surface area contributed by atoms with Crippen molar-refractivity contribution >= 4 is 29.7 Å². The van der Waals surface area contributed by atoms with Crippen LogP contribution in [-0.2, 0) is 14.4 Å².